The molecule has 0 aromatic heterocycles. The third kappa shape index (κ3) is 5.34. The Morgan fingerprint density at radius 2 is 1.70 bits per heavy atom. The summed E-state index contributed by atoms with van der Waals surface area (Å²) < 4.78 is 16.0. The molecule has 6 heteroatoms. The van der Waals surface area contributed by atoms with Crippen LogP contribution in [0.4, 0.5) is 0 Å². The number of likely N-dealkylation sites (N-methyl/N-ethyl adjacent to an activating group) is 1. The van der Waals surface area contributed by atoms with Crippen molar-refractivity contribution in [3.05, 3.63) is 59.7 Å². The third-order valence-corrected chi connectivity index (χ3v) is 3.85. The molecule has 27 heavy (non-hydrogen) atoms. The molecule has 2 aromatic carbocycles. The van der Waals surface area contributed by atoms with Crippen LogP contribution < -0.4 is 14.2 Å². The molecule has 0 unspecified atom stereocenters. The van der Waals surface area contributed by atoms with Gasteiger partial charge < -0.3 is 19.1 Å². The molecule has 0 bridgehead atoms. The number of carbonyl (C=O) groups is 2. The van der Waals surface area contributed by atoms with E-state index in [1.54, 1.807) is 64.7 Å². The van der Waals surface area contributed by atoms with Gasteiger partial charge in [-0.15, -0.1) is 0 Å². The summed E-state index contributed by atoms with van der Waals surface area (Å²) >= 11 is 0. The molecule has 0 saturated heterocycles. The first kappa shape index (κ1) is 20.0. The van der Waals surface area contributed by atoms with Gasteiger partial charge >= 0.3 is 0 Å². The van der Waals surface area contributed by atoms with Crippen molar-refractivity contribution in [1.29, 1.82) is 0 Å². The number of rotatable bonds is 8. The highest BCUT2D eigenvalue weighted by Crippen LogP contribution is 2.31. The van der Waals surface area contributed by atoms with Crippen molar-refractivity contribution in [2.45, 2.75) is 0 Å². The highest BCUT2D eigenvalue weighted by Gasteiger charge is 2.09. The Kier molecular flexibility index (Phi) is 7.00. The van der Waals surface area contributed by atoms with Crippen LogP contribution in [-0.4, -0.2) is 51.5 Å². The Morgan fingerprint density at radius 3 is 2.30 bits per heavy atom. The molecule has 0 N–H and O–H groups in total. The molecular formula is C21H23NO5. The quantitative estimate of drug-likeness (QED) is 0.529. The lowest BCUT2D eigenvalue weighted by Gasteiger charge is -2.11. The lowest BCUT2D eigenvalue weighted by atomic mass is 10.1. The lowest BCUT2D eigenvalue weighted by Crippen LogP contribution is -2.27. The second kappa shape index (κ2) is 9.43. The summed E-state index contributed by atoms with van der Waals surface area (Å²) in [4.78, 5) is 25.4. The molecule has 142 valence electrons. The Labute approximate surface area is 159 Å². The minimum Gasteiger partial charge on any atom is -0.493 e. The first-order valence-corrected chi connectivity index (χ1v) is 8.32. The van der Waals surface area contributed by atoms with Crippen LogP contribution in [0.15, 0.2) is 48.5 Å². The van der Waals surface area contributed by atoms with Gasteiger partial charge in [-0.05, 0) is 42.5 Å². The predicted molar refractivity (Wildman–Crippen MR) is 104 cm³/mol. The van der Waals surface area contributed by atoms with Gasteiger partial charge in [0.25, 0.3) is 5.91 Å². The number of hydrogen-bond acceptors (Lipinski definition) is 5. The SMILES string of the molecule is COc1cccc(/C=C/C(=O)c2ccc(OCC(=O)N(C)C)cc2)c1OC. The zero-order valence-electron chi connectivity index (χ0n) is 15.9. The van der Waals surface area contributed by atoms with Crippen molar-refractivity contribution in [3.63, 3.8) is 0 Å². The highest BCUT2D eigenvalue weighted by atomic mass is 16.5. The van der Waals surface area contributed by atoms with Crippen molar-refractivity contribution in [1.82, 2.24) is 4.90 Å². The van der Waals surface area contributed by atoms with Crippen LogP contribution in [0.5, 0.6) is 17.2 Å². The molecule has 1 amide bonds. The molecule has 2 rings (SSSR count). The summed E-state index contributed by atoms with van der Waals surface area (Å²) in [7, 11) is 6.44. The van der Waals surface area contributed by atoms with Crippen LogP contribution >= 0.6 is 0 Å². The minimum absolute atomic E-state index is 0.0458. The number of carbonyl (C=O) groups excluding carboxylic acids is 2. The van der Waals surface area contributed by atoms with Gasteiger partial charge in [-0.1, -0.05) is 12.1 Å². The van der Waals surface area contributed by atoms with Gasteiger partial charge in [-0.3, -0.25) is 9.59 Å². The Morgan fingerprint density at radius 1 is 1.00 bits per heavy atom. The maximum atomic E-state index is 12.4. The molecule has 6 nitrogen and oxygen atoms in total. The summed E-state index contributed by atoms with van der Waals surface area (Å²) in [6.07, 6.45) is 3.16. The molecule has 0 aliphatic carbocycles. The number of methoxy groups -OCH3 is 2. The van der Waals surface area contributed by atoms with Crippen LogP contribution in [0.25, 0.3) is 6.08 Å². The summed E-state index contributed by atoms with van der Waals surface area (Å²) in [5, 5.41) is 0. The minimum atomic E-state index is -0.157. The smallest absolute Gasteiger partial charge is 0.259 e. The molecule has 0 heterocycles. The normalized spacial score (nSPS) is 10.5. The Bertz CT molecular complexity index is 825. The van der Waals surface area contributed by atoms with Gasteiger partial charge in [-0.25, -0.2) is 0 Å². The molecule has 0 aliphatic rings. The van der Waals surface area contributed by atoms with E-state index in [0.29, 0.717) is 22.8 Å². The topological polar surface area (TPSA) is 65.1 Å². The zero-order chi connectivity index (χ0) is 19.8. The fourth-order valence-corrected chi connectivity index (χ4v) is 2.29. The number of hydrogen-bond donors (Lipinski definition) is 0. The highest BCUT2D eigenvalue weighted by molar-refractivity contribution is 6.07. The fourth-order valence-electron chi connectivity index (χ4n) is 2.29. The third-order valence-electron chi connectivity index (χ3n) is 3.85. The van der Waals surface area contributed by atoms with Crippen LogP contribution in [0.3, 0.4) is 0 Å². The maximum absolute atomic E-state index is 12.4. The number of nitrogens with zero attached hydrogens (tertiary/aromatic N) is 1. The largest absolute Gasteiger partial charge is 0.493 e. The van der Waals surface area contributed by atoms with Gasteiger partial charge in [-0.2, -0.15) is 0 Å². The monoisotopic (exact) mass is 369 g/mol. The van der Waals surface area contributed by atoms with E-state index in [2.05, 4.69) is 0 Å². The van der Waals surface area contributed by atoms with E-state index >= 15 is 0 Å². The van der Waals surface area contributed by atoms with E-state index < -0.39 is 0 Å². The van der Waals surface area contributed by atoms with Crippen LogP contribution in [0, 0.1) is 0 Å². The van der Waals surface area contributed by atoms with Gasteiger partial charge in [0.1, 0.15) is 5.75 Å². The van der Waals surface area contributed by atoms with Crippen molar-refractivity contribution in [2.24, 2.45) is 0 Å². The average Bonchev–Trinajstić information content (AvgIpc) is 2.69. The van der Waals surface area contributed by atoms with E-state index in [4.69, 9.17) is 14.2 Å². The van der Waals surface area contributed by atoms with Crippen molar-refractivity contribution in [3.8, 4) is 17.2 Å². The zero-order valence-corrected chi connectivity index (χ0v) is 15.9. The molecule has 0 aliphatic heterocycles. The summed E-state index contributed by atoms with van der Waals surface area (Å²) in [5.41, 5.74) is 1.26. The number of ether oxygens (including phenoxy) is 3. The maximum Gasteiger partial charge on any atom is 0.259 e. The van der Waals surface area contributed by atoms with Crippen LogP contribution in [0.1, 0.15) is 15.9 Å². The molecular weight excluding hydrogens is 346 g/mol. The molecule has 0 fully saturated rings. The van der Waals surface area contributed by atoms with Gasteiger partial charge in [0, 0.05) is 25.2 Å². The Hall–Kier alpha value is -3.28. The van der Waals surface area contributed by atoms with E-state index in [-0.39, 0.29) is 18.3 Å². The van der Waals surface area contributed by atoms with Crippen LogP contribution in [0.2, 0.25) is 0 Å². The number of benzene rings is 2. The Balaban J connectivity index is 2.06. The first-order chi connectivity index (χ1) is 13.0. The van der Waals surface area contributed by atoms with Gasteiger partial charge in [0.05, 0.1) is 14.2 Å². The first-order valence-electron chi connectivity index (χ1n) is 8.32. The van der Waals surface area contributed by atoms with Crippen LogP contribution in [-0.2, 0) is 4.79 Å². The molecule has 0 atom stereocenters. The van der Waals surface area contributed by atoms with Gasteiger partial charge in [0.15, 0.2) is 23.9 Å². The molecule has 0 spiro atoms. The van der Waals surface area contributed by atoms with E-state index in [0.717, 1.165) is 5.56 Å². The van der Waals surface area contributed by atoms with E-state index in [1.165, 1.54) is 11.0 Å². The number of amides is 1. The van der Waals surface area contributed by atoms with E-state index in [9.17, 15) is 9.59 Å². The van der Waals surface area contributed by atoms with Crippen molar-refractivity contribution >= 4 is 17.8 Å². The van der Waals surface area contributed by atoms with Gasteiger partial charge in [0.2, 0.25) is 0 Å². The summed E-state index contributed by atoms with van der Waals surface area (Å²) in [6, 6.07) is 12.1. The molecule has 0 radical (unpaired) electrons. The summed E-state index contributed by atoms with van der Waals surface area (Å²) in [6.45, 7) is -0.0458. The molecule has 0 saturated carbocycles. The average molecular weight is 369 g/mol. The number of ketones is 1. The second-order valence-corrected chi connectivity index (χ2v) is 5.88. The number of para-hydroxylation sites is 1. The standard InChI is InChI=1S/C21H23NO5/c1-22(2)20(24)14-27-17-11-8-15(9-12-17)18(23)13-10-16-6-5-7-19(25-3)21(16)26-4/h5-13H,14H2,1-4H3/b13-10+. The van der Waals surface area contributed by atoms with Crippen molar-refractivity contribution in [2.75, 3.05) is 34.9 Å². The lowest BCUT2D eigenvalue weighted by molar-refractivity contribution is -0.130. The number of allylic oxidation sites excluding steroid dienone is 1. The fraction of sp³-hybridized carbons (Fsp3) is 0.238. The van der Waals surface area contributed by atoms with Crippen molar-refractivity contribution < 1.29 is 23.8 Å². The predicted octanol–water partition coefficient (Wildman–Crippen LogP) is 3.07. The van der Waals surface area contributed by atoms with E-state index in [1.807, 2.05) is 12.1 Å². The summed E-state index contributed by atoms with van der Waals surface area (Å²) in [5.74, 6) is 1.40. The molecule has 2 aromatic rings. The second-order valence-electron chi connectivity index (χ2n) is 5.88.